The van der Waals surface area contributed by atoms with Gasteiger partial charge in [0, 0.05) is 6.54 Å². The maximum atomic E-state index is 12.9. The zero-order valence-electron chi connectivity index (χ0n) is 17.3. The fourth-order valence-electron chi connectivity index (χ4n) is 3.88. The molecule has 29 heavy (non-hydrogen) atoms. The Bertz CT molecular complexity index is 997. The van der Waals surface area contributed by atoms with Crippen LogP contribution in [0, 0.1) is 5.92 Å². The number of rotatable bonds is 6. The number of carbonyl (C=O) groups is 1. The smallest absolute Gasteiger partial charge is 0.230 e. The number of hydrogen-bond acceptors (Lipinski definition) is 4. The van der Waals surface area contributed by atoms with Crippen molar-refractivity contribution in [3.05, 3.63) is 54.1 Å². The summed E-state index contributed by atoms with van der Waals surface area (Å²) in [5, 5.41) is 8.72. The number of hydrogen-bond donors (Lipinski definition) is 1. The minimum Gasteiger partial charge on any atom is -0.490 e. The molecule has 0 unspecified atom stereocenters. The van der Waals surface area contributed by atoms with E-state index in [1.807, 2.05) is 62.0 Å². The molecule has 0 spiro atoms. The van der Waals surface area contributed by atoms with Crippen LogP contribution in [-0.2, 0) is 11.3 Å². The highest BCUT2D eigenvalue weighted by atomic mass is 16.5. The Morgan fingerprint density at radius 3 is 2.69 bits per heavy atom. The average Bonchev–Trinajstić information content (AvgIpc) is 3.27. The summed E-state index contributed by atoms with van der Waals surface area (Å²) in [5.74, 6) is 1.34. The zero-order chi connectivity index (χ0) is 20.4. The topological polar surface area (TPSA) is 59.4 Å². The average molecular weight is 393 g/mol. The Hall–Kier alpha value is -2.86. The largest absolute Gasteiger partial charge is 0.490 e. The van der Waals surface area contributed by atoms with Crippen LogP contribution in [0.2, 0.25) is 0 Å². The van der Waals surface area contributed by atoms with Crippen molar-refractivity contribution in [2.24, 2.45) is 5.92 Å². The molecule has 152 valence electrons. The first-order chi connectivity index (χ1) is 14.0. The molecule has 1 aromatic heterocycles. The van der Waals surface area contributed by atoms with Crippen LogP contribution < -0.4 is 10.1 Å². The number of fused-ring (bicyclic) bond motifs is 1. The number of nitrogens with zero attached hydrogens (tertiary/aromatic N) is 3. The normalized spacial score (nSPS) is 17.2. The minimum atomic E-state index is -0.00694. The molecule has 1 amide bonds. The van der Waals surface area contributed by atoms with Gasteiger partial charge >= 0.3 is 0 Å². The molecule has 2 aromatic carbocycles. The van der Waals surface area contributed by atoms with E-state index in [1.165, 1.54) is 0 Å². The molecule has 6 nitrogen and oxygen atoms in total. The molecular weight excluding hydrogens is 364 g/mol. The highest BCUT2D eigenvalue weighted by Crippen LogP contribution is 2.34. The molecule has 1 aliphatic rings. The lowest BCUT2D eigenvalue weighted by molar-refractivity contribution is -0.119. The zero-order valence-corrected chi connectivity index (χ0v) is 17.3. The number of benzene rings is 2. The number of amides is 1. The van der Waals surface area contributed by atoms with Crippen LogP contribution in [0.3, 0.4) is 0 Å². The first-order valence-electron chi connectivity index (χ1n) is 10.2. The molecule has 3 aromatic rings. The minimum absolute atomic E-state index is 0.00694. The third kappa shape index (κ3) is 4.27. The molecular formula is C23H28N4O2. The van der Waals surface area contributed by atoms with E-state index < -0.39 is 0 Å². The van der Waals surface area contributed by atoms with Gasteiger partial charge in [0.2, 0.25) is 5.91 Å². The van der Waals surface area contributed by atoms with E-state index in [0.29, 0.717) is 12.4 Å². The predicted molar refractivity (Wildman–Crippen MR) is 115 cm³/mol. The lowest BCUT2D eigenvalue weighted by atomic mass is 10.1. The second-order valence-electron chi connectivity index (χ2n) is 8.05. The Morgan fingerprint density at radius 2 is 2.00 bits per heavy atom. The van der Waals surface area contributed by atoms with Crippen molar-refractivity contribution in [1.29, 1.82) is 0 Å². The van der Waals surface area contributed by atoms with Gasteiger partial charge in [0.15, 0.2) is 5.82 Å². The summed E-state index contributed by atoms with van der Waals surface area (Å²) in [4.78, 5) is 15.1. The molecule has 4 rings (SSSR count). The van der Waals surface area contributed by atoms with Gasteiger partial charge in [-0.15, -0.1) is 0 Å². The maximum absolute atomic E-state index is 12.9. The summed E-state index contributed by atoms with van der Waals surface area (Å²) in [7, 11) is 2.05. The van der Waals surface area contributed by atoms with E-state index in [9.17, 15) is 4.79 Å². The van der Waals surface area contributed by atoms with Crippen LogP contribution in [0.25, 0.3) is 10.9 Å². The Kier molecular flexibility index (Phi) is 5.53. The summed E-state index contributed by atoms with van der Waals surface area (Å²) in [6.45, 7) is 6.36. The van der Waals surface area contributed by atoms with Gasteiger partial charge in [-0.2, -0.15) is 5.10 Å². The molecule has 1 atom stereocenters. The SMILES string of the molecule is CC(C)Oc1cccc2c1c(NC(=O)[C@H]1CCN(C)C1)nn2Cc1ccccc1. The third-order valence-electron chi connectivity index (χ3n) is 5.28. The van der Waals surface area contributed by atoms with Gasteiger partial charge in [0.25, 0.3) is 0 Å². The molecule has 1 saturated heterocycles. The molecule has 6 heteroatoms. The molecule has 0 bridgehead atoms. The lowest BCUT2D eigenvalue weighted by Gasteiger charge is -2.13. The van der Waals surface area contributed by atoms with Gasteiger partial charge in [-0.25, -0.2) is 0 Å². The summed E-state index contributed by atoms with van der Waals surface area (Å²) >= 11 is 0. The summed E-state index contributed by atoms with van der Waals surface area (Å²) in [6.07, 6.45) is 0.908. The maximum Gasteiger partial charge on any atom is 0.230 e. The summed E-state index contributed by atoms with van der Waals surface area (Å²) in [5.41, 5.74) is 2.10. The third-order valence-corrected chi connectivity index (χ3v) is 5.28. The standard InChI is InChI=1S/C23H28N4O2/c1-16(2)29-20-11-7-10-19-21(20)22(24-23(28)18-12-13-26(3)15-18)25-27(19)14-17-8-5-4-6-9-17/h4-11,16,18H,12-15H2,1-3H3,(H,24,25,28)/t18-/m0/s1. The summed E-state index contributed by atoms with van der Waals surface area (Å²) < 4.78 is 7.98. The Morgan fingerprint density at radius 1 is 1.21 bits per heavy atom. The van der Waals surface area contributed by atoms with Crippen molar-refractivity contribution in [3.63, 3.8) is 0 Å². The van der Waals surface area contributed by atoms with E-state index >= 15 is 0 Å². The molecule has 0 saturated carbocycles. The van der Waals surface area contributed by atoms with Crippen LogP contribution in [-0.4, -0.2) is 46.8 Å². The predicted octanol–water partition coefficient (Wildman–Crippen LogP) is 3.76. The highest BCUT2D eigenvalue weighted by Gasteiger charge is 2.28. The molecule has 1 N–H and O–H groups in total. The Balaban J connectivity index is 1.72. The number of carbonyl (C=O) groups excluding carboxylic acids is 1. The fraction of sp³-hybridized carbons (Fsp3) is 0.391. The number of nitrogens with one attached hydrogen (secondary N) is 1. The van der Waals surface area contributed by atoms with E-state index in [-0.39, 0.29) is 17.9 Å². The second kappa shape index (κ2) is 8.25. The monoisotopic (exact) mass is 392 g/mol. The van der Waals surface area contributed by atoms with E-state index in [1.54, 1.807) is 0 Å². The first-order valence-corrected chi connectivity index (χ1v) is 10.2. The number of likely N-dealkylation sites (tertiary alicyclic amines) is 1. The van der Waals surface area contributed by atoms with Gasteiger partial charge < -0.3 is 15.0 Å². The lowest BCUT2D eigenvalue weighted by Crippen LogP contribution is -2.25. The highest BCUT2D eigenvalue weighted by molar-refractivity contribution is 6.03. The van der Waals surface area contributed by atoms with Crippen LogP contribution in [0.1, 0.15) is 25.8 Å². The van der Waals surface area contributed by atoms with Crippen molar-refractivity contribution in [2.45, 2.75) is 32.9 Å². The van der Waals surface area contributed by atoms with Gasteiger partial charge in [0.05, 0.1) is 29.5 Å². The van der Waals surface area contributed by atoms with E-state index in [4.69, 9.17) is 9.84 Å². The van der Waals surface area contributed by atoms with Crippen molar-refractivity contribution in [2.75, 3.05) is 25.5 Å². The number of aromatic nitrogens is 2. The van der Waals surface area contributed by atoms with Gasteiger partial charge in [-0.05, 0) is 51.6 Å². The van der Waals surface area contributed by atoms with E-state index in [0.717, 1.165) is 41.7 Å². The molecule has 1 aliphatic heterocycles. The van der Waals surface area contributed by atoms with Crippen LogP contribution in [0.4, 0.5) is 5.82 Å². The molecule has 2 heterocycles. The van der Waals surface area contributed by atoms with Crippen molar-refractivity contribution in [3.8, 4) is 5.75 Å². The van der Waals surface area contributed by atoms with Gasteiger partial charge in [0.1, 0.15) is 5.75 Å². The van der Waals surface area contributed by atoms with Crippen molar-refractivity contribution < 1.29 is 9.53 Å². The summed E-state index contributed by atoms with van der Waals surface area (Å²) in [6, 6.07) is 16.1. The quantitative estimate of drug-likeness (QED) is 0.694. The van der Waals surface area contributed by atoms with Crippen molar-refractivity contribution in [1.82, 2.24) is 14.7 Å². The van der Waals surface area contributed by atoms with Crippen molar-refractivity contribution >= 4 is 22.6 Å². The fourth-order valence-corrected chi connectivity index (χ4v) is 3.88. The second-order valence-corrected chi connectivity index (χ2v) is 8.05. The molecule has 1 fully saturated rings. The first kappa shape index (κ1) is 19.5. The van der Waals surface area contributed by atoms with E-state index in [2.05, 4.69) is 22.3 Å². The molecule has 0 aliphatic carbocycles. The van der Waals surface area contributed by atoms with Crippen LogP contribution in [0.5, 0.6) is 5.75 Å². The van der Waals surface area contributed by atoms with Gasteiger partial charge in [-0.1, -0.05) is 36.4 Å². The Labute approximate surface area is 171 Å². The number of anilines is 1. The molecule has 0 radical (unpaired) electrons. The van der Waals surface area contributed by atoms with Crippen LogP contribution in [0.15, 0.2) is 48.5 Å². The van der Waals surface area contributed by atoms with Gasteiger partial charge in [-0.3, -0.25) is 9.48 Å². The number of ether oxygens (including phenoxy) is 1. The van der Waals surface area contributed by atoms with Crippen LogP contribution >= 0.6 is 0 Å².